The number of benzene rings is 2. The van der Waals surface area contributed by atoms with Crippen molar-refractivity contribution < 1.29 is 24.1 Å². The van der Waals surface area contributed by atoms with Crippen LogP contribution in [-0.2, 0) is 6.42 Å². The second-order valence-electron chi connectivity index (χ2n) is 7.22. The first-order valence-electron chi connectivity index (χ1n) is 10.4. The SMILES string of the molecule is CCOc1c(OC)cc(Cc2cnc(N)nc2N)cc1OCC(O)COc1ccc(N)cc1. The van der Waals surface area contributed by atoms with Crippen molar-refractivity contribution in [2.24, 2.45) is 0 Å². The number of anilines is 3. The number of methoxy groups -OCH3 is 1. The van der Waals surface area contributed by atoms with E-state index in [2.05, 4.69) is 9.97 Å². The Labute approximate surface area is 192 Å². The molecule has 0 amide bonds. The third kappa shape index (κ3) is 6.53. The summed E-state index contributed by atoms with van der Waals surface area (Å²) >= 11 is 0. The van der Waals surface area contributed by atoms with Gasteiger partial charge in [-0.15, -0.1) is 0 Å². The minimum atomic E-state index is -0.882. The molecule has 176 valence electrons. The number of aliphatic hydroxyl groups excluding tert-OH is 1. The van der Waals surface area contributed by atoms with Gasteiger partial charge < -0.3 is 41.3 Å². The van der Waals surface area contributed by atoms with Gasteiger partial charge in [-0.05, 0) is 48.9 Å². The number of hydrogen-bond donors (Lipinski definition) is 4. The van der Waals surface area contributed by atoms with E-state index in [0.29, 0.717) is 53.1 Å². The van der Waals surface area contributed by atoms with Gasteiger partial charge in [-0.25, -0.2) is 4.98 Å². The van der Waals surface area contributed by atoms with E-state index in [0.717, 1.165) is 5.56 Å². The number of nitrogens with two attached hydrogens (primary N) is 3. The van der Waals surface area contributed by atoms with Gasteiger partial charge in [0, 0.05) is 23.9 Å². The highest BCUT2D eigenvalue weighted by atomic mass is 16.5. The molecule has 2 aromatic carbocycles. The van der Waals surface area contributed by atoms with Gasteiger partial charge in [-0.1, -0.05) is 0 Å². The van der Waals surface area contributed by atoms with Crippen molar-refractivity contribution in [3.63, 3.8) is 0 Å². The Hall–Kier alpha value is -3.92. The molecule has 0 saturated heterocycles. The summed E-state index contributed by atoms with van der Waals surface area (Å²) in [6.45, 7) is 2.30. The zero-order valence-corrected chi connectivity index (χ0v) is 18.7. The first-order chi connectivity index (χ1) is 15.9. The van der Waals surface area contributed by atoms with Crippen molar-refractivity contribution in [1.82, 2.24) is 9.97 Å². The van der Waals surface area contributed by atoms with E-state index in [1.165, 1.54) is 0 Å². The molecule has 7 N–H and O–H groups in total. The van der Waals surface area contributed by atoms with Gasteiger partial charge in [0.1, 0.15) is 30.9 Å². The van der Waals surface area contributed by atoms with Crippen molar-refractivity contribution in [3.8, 4) is 23.0 Å². The van der Waals surface area contributed by atoms with E-state index in [9.17, 15) is 5.11 Å². The Balaban J connectivity index is 1.73. The highest BCUT2D eigenvalue weighted by Crippen LogP contribution is 2.39. The topological polar surface area (TPSA) is 161 Å². The minimum absolute atomic E-state index is 0.0191. The minimum Gasteiger partial charge on any atom is -0.493 e. The van der Waals surface area contributed by atoms with Crippen LogP contribution in [0.2, 0.25) is 0 Å². The van der Waals surface area contributed by atoms with E-state index in [1.807, 2.05) is 13.0 Å². The molecule has 1 aromatic heterocycles. The average molecular weight is 456 g/mol. The van der Waals surface area contributed by atoms with Crippen molar-refractivity contribution >= 4 is 17.5 Å². The number of aromatic nitrogens is 2. The molecule has 3 rings (SSSR count). The van der Waals surface area contributed by atoms with E-state index in [1.54, 1.807) is 43.6 Å². The summed E-state index contributed by atoms with van der Waals surface area (Å²) in [4.78, 5) is 8.00. The van der Waals surface area contributed by atoms with E-state index in [-0.39, 0.29) is 19.2 Å². The number of hydrogen-bond acceptors (Lipinski definition) is 10. The molecule has 0 aliphatic rings. The van der Waals surface area contributed by atoms with Crippen molar-refractivity contribution in [2.75, 3.05) is 44.1 Å². The molecule has 33 heavy (non-hydrogen) atoms. The second-order valence-corrected chi connectivity index (χ2v) is 7.22. The Bertz CT molecular complexity index is 1060. The van der Waals surface area contributed by atoms with Crippen LogP contribution in [0.1, 0.15) is 18.1 Å². The molecule has 0 saturated carbocycles. The number of nitrogen functional groups attached to an aromatic ring is 3. The smallest absolute Gasteiger partial charge is 0.221 e. The highest BCUT2D eigenvalue weighted by Gasteiger charge is 2.17. The van der Waals surface area contributed by atoms with Crippen LogP contribution in [-0.4, -0.2) is 48.1 Å². The number of aliphatic hydroxyl groups is 1. The van der Waals surface area contributed by atoms with E-state index < -0.39 is 6.10 Å². The Kier molecular flexibility index (Phi) is 7.98. The summed E-state index contributed by atoms with van der Waals surface area (Å²) in [5.74, 6) is 2.37. The van der Waals surface area contributed by atoms with Crippen LogP contribution in [0.15, 0.2) is 42.6 Å². The van der Waals surface area contributed by atoms with Crippen LogP contribution >= 0.6 is 0 Å². The lowest BCUT2D eigenvalue weighted by Gasteiger charge is -2.19. The molecule has 1 atom stereocenters. The quantitative estimate of drug-likeness (QED) is 0.315. The Morgan fingerprint density at radius 2 is 1.67 bits per heavy atom. The van der Waals surface area contributed by atoms with Crippen molar-refractivity contribution in [1.29, 1.82) is 0 Å². The van der Waals surface area contributed by atoms with Crippen molar-refractivity contribution in [3.05, 3.63) is 53.7 Å². The van der Waals surface area contributed by atoms with Gasteiger partial charge in [-0.3, -0.25) is 0 Å². The maximum Gasteiger partial charge on any atom is 0.221 e. The summed E-state index contributed by atoms with van der Waals surface area (Å²) in [5.41, 5.74) is 19.4. The molecule has 0 aliphatic carbocycles. The van der Waals surface area contributed by atoms with Crippen LogP contribution in [0.3, 0.4) is 0 Å². The fraction of sp³-hybridized carbons (Fsp3) is 0.304. The predicted molar refractivity (Wildman–Crippen MR) is 126 cm³/mol. The molecule has 1 unspecified atom stereocenters. The first kappa shape index (κ1) is 23.7. The van der Waals surface area contributed by atoms with Gasteiger partial charge in [-0.2, -0.15) is 4.98 Å². The molecule has 3 aromatic rings. The molecule has 0 fully saturated rings. The Morgan fingerprint density at radius 3 is 2.33 bits per heavy atom. The van der Waals surface area contributed by atoms with E-state index in [4.69, 9.17) is 36.1 Å². The fourth-order valence-corrected chi connectivity index (χ4v) is 3.06. The van der Waals surface area contributed by atoms with Crippen LogP contribution in [0, 0.1) is 0 Å². The van der Waals surface area contributed by atoms with Gasteiger partial charge in [0.2, 0.25) is 11.7 Å². The largest absolute Gasteiger partial charge is 0.493 e. The molecule has 10 heteroatoms. The van der Waals surface area contributed by atoms with Crippen LogP contribution in [0.5, 0.6) is 23.0 Å². The van der Waals surface area contributed by atoms with Gasteiger partial charge >= 0.3 is 0 Å². The third-order valence-electron chi connectivity index (χ3n) is 4.65. The number of rotatable bonds is 11. The second kappa shape index (κ2) is 11.1. The fourth-order valence-electron chi connectivity index (χ4n) is 3.06. The van der Waals surface area contributed by atoms with Gasteiger partial charge in [0.05, 0.1) is 13.7 Å². The monoisotopic (exact) mass is 455 g/mol. The summed E-state index contributed by atoms with van der Waals surface area (Å²) in [5, 5.41) is 10.3. The van der Waals surface area contributed by atoms with Crippen molar-refractivity contribution in [2.45, 2.75) is 19.4 Å². The molecule has 10 nitrogen and oxygen atoms in total. The standard InChI is InChI=1S/C23H29N5O5/c1-3-31-21-19(30-2)9-14(8-15-11-27-23(26)28-22(15)25)10-20(21)33-13-17(29)12-32-18-6-4-16(24)5-7-18/h4-7,9-11,17,29H,3,8,12-13,24H2,1-2H3,(H4,25,26,27,28). The van der Waals surface area contributed by atoms with Gasteiger partial charge in [0.25, 0.3) is 0 Å². The van der Waals surface area contributed by atoms with Crippen LogP contribution in [0.25, 0.3) is 0 Å². The number of ether oxygens (including phenoxy) is 4. The molecule has 0 radical (unpaired) electrons. The lowest BCUT2D eigenvalue weighted by molar-refractivity contribution is 0.0612. The zero-order valence-electron chi connectivity index (χ0n) is 18.7. The van der Waals surface area contributed by atoms with E-state index >= 15 is 0 Å². The van der Waals surface area contributed by atoms with Gasteiger partial charge in [0.15, 0.2) is 11.5 Å². The molecule has 1 heterocycles. The maximum absolute atomic E-state index is 10.3. The summed E-state index contributed by atoms with van der Waals surface area (Å²) < 4.78 is 22.7. The van der Waals surface area contributed by atoms with Crippen LogP contribution in [0.4, 0.5) is 17.5 Å². The normalized spacial score (nSPS) is 11.6. The zero-order chi connectivity index (χ0) is 23.8. The summed E-state index contributed by atoms with van der Waals surface area (Å²) in [7, 11) is 1.54. The summed E-state index contributed by atoms with van der Waals surface area (Å²) in [6, 6.07) is 10.5. The summed E-state index contributed by atoms with van der Waals surface area (Å²) in [6.07, 6.45) is 1.13. The highest BCUT2D eigenvalue weighted by molar-refractivity contribution is 5.55. The maximum atomic E-state index is 10.3. The third-order valence-corrected chi connectivity index (χ3v) is 4.65. The molecular weight excluding hydrogens is 426 g/mol. The molecule has 0 aliphatic heterocycles. The molecular formula is C23H29N5O5. The predicted octanol–water partition coefficient (Wildman–Crippen LogP) is 2.04. The average Bonchev–Trinajstić information content (AvgIpc) is 2.80. The molecule has 0 spiro atoms. The van der Waals surface area contributed by atoms with Crippen LogP contribution < -0.4 is 36.1 Å². The molecule has 0 bridgehead atoms. The number of nitrogens with zero attached hydrogens (tertiary/aromatic N) is 2. The lowest BCUT2D eigenvalue weighted by Crippen LogP contribution is -2.25. The first-order valence-corrected chi connectivity index (χ1v) is 10.4. The lowest BCUT2D eigenvalue weighted by atomic mass is 10.1. The Morgan fingerprint density at radius 1 is 0.970 bits per heavy atom.